The number of anilines is 3. The predicted octanol–water partition coefficient (Wildman–Crippen LogP) is 8.64. The standard InChI is InChI=1S/C40H31N5/c1-26-25-32-30-21-11-13-23-33(30)45(37(32)35-31-22-12-14-24-34(31)44(36(26)35)29-19-9-4-10-20-29)40-42-38(27-15-5-2-6-16-27)41-39(43-40)28-17-7-3-8-18-28/h2-26,30,33,36H,1H3. The van der Waals surface area contributed by atoms with Crippen LogP contribution in [0, 0.1) is 11.8 Å². The summed E-state index contributed by atoms with van der Waals surface area (Å²) in [6, 6.07) is 40.3. The summed E-state index contributed by atoms with van der Waals surface area (Å²) in [6.45, 7) is 2.36. The van der Waals surface area contributed by atoms with Gasteiger partial charge in [-0.2, -0.15) is 9.97 Å². The molecule has 1 aromatic heterocycles. The van der Waals surface area contributed by atoms with Gasteiger partial charge in [0.25, 0.3) is 0 Å². The van der Waals surface area contributed by atoms with Crippen molar-refractivity contribution in [1.29, 1.82) is 0 Å². The van der Waals surface area contributed by atoms with Crippen LogP contribution in [-0.2, 0) is 0 Å². The summed E-state index contributed by atoms with van der Waals surface area (Å²) in [6.07, 6.45) is 11.5. The van der Waals surface area contributed by atoms with Crippen molar-refractivity contribution in [3.63, 3.8) is 0 Å². The first-order valence-electron chi connectivity index (χ1n) is 15.7. The van der Waals surface area contributed by atoms with Crippen molar-refractivity contribution < 1.29 is 0 Å². The topological polar surface area (TPSA) is 45.2 Å². The maximum absolute atomic E-state index is 5.23. The maximum atomic E-state index is 5.23. The molecule has 4 aromatic carbocycles. The summed E-state index contributed by atoms with van der Waals surface area (Å²) in [7, 11) is 0. The molecule has 0 radical (unpaired) electrons. The minimum absolute atomic E-state index is 0.0577. The van der Waals surface area contributed by atoms with Gasteiger partial charge in [0, 0.05) is 39.6 Å². The number of aromatic nitrogens is 3. The first-order chi connectivity index (χ1) is 22.3. The van der Waals surface area contributed by atoms with Crippen LogP contribution in [0.2, 0.25) is 0 Å². The molecule has 4 aliphatic rings. The monoisotopic (exact) mass is 581 g/mol. The van der Waals surface area contributed by atoms with Crippen LogP contribution in [0.4, 0.5) is 17.3 Å². The molecule has 3 heterocycles. The van der Waals surface area contributed by atoms with E-state index in [2.05, 4.69) is 126 Å². The molecule has 4 atom stereocenters. The lowest BCUT2D eigenvalue weighted by Gasteiger charge is -2.36. The largest absolute Gasteiger partial charge is 0.333 e. The third-order valence-electron chi connectivity index (χ3n) is 9.44. The molecule has 0 spiro atoms. The summed E-state index contributed by atoms with van der Waals surface area (Å²) >= 11 is 0. The maximum Gasteiger partial charge on any atom is 0.234 e. The van der Waals surface area contributed by atoms with E-state index in [-0.39, 0.29) is 18.0 Å². The van der Waals surface area contributed by atoms with Crippen molar-refractivity contribution in [1.82, 2.24) is 15.0 Å². The second-order valence-electron chi connectivity index (χ2n) is 12.1. The molecule has 2 aliphatic heterocycles. The molecule has 5 heteroatoms. The fourth-order valence-corrected chi connectivity index (χ4v) is 7.57. The summed E-state index contributed by atoms with van der Waals surface area (Å²) in [4.78, 5) is 20.4. The Hall–Kier alpha value is -5.55. The van der Waals surface area contributed by atoms with Crippen molar-refractivity contribution in [2.75, 3.05) is 9.80 Å². The van der Waals surface area contributed by atoms with Crippen molar-refractivity contribution in [2.45, 2.75) is 19.0 Å². The normalized spacial score (nSPS) is 22.6. The highest BCUT2D eigenvalue weighted by atomic mass is 15.3. The Labute approximate surface area is 263 Å². The summed E-state index contributed by atoms with van der Waals surface area (Å²) in [5, 5.41) is 0. The zero-order valence-corrected chi connectivity index (χ0v) is 24.9. The number of para-hydroxylation sites is 2. The smallest absolute Gasteiger partial charge is 0.234 e. The second-order valence-corrected chi connectivity index (χ2v) is 12.1. The number of benzene rings is 4. The lowest BCUT2D eigenvalue weighted by atomic mass is 9.79. The number of nitrogens with zero attached hydrogens (tertiary/aromatic N) is 5. The van der Waals surface area contributed by atoms with E-state index in [1.54, 1.807) is 0 Å². The third-order valence-corrected chi connectivity index (χ3v) is 9.44. The van der Waals surface area contributed by atoms with Gasteiger partial charge in [0.05, 0.1) is 17.8 Å². The first kappa shape index (κ1) is 25.9. The lowest BCUT2D eigenvalue weighted by Crippen LogP contribution is -2.37. The molecule has 2 aliphatic carbocycles. The van der Waals surface area contributed by atoms with Crippen molar-refractivity contribution >= 4 is 22.9 Å². The van der Waals surface area contributed by atoms with E-state index in [1.807, 2.05) is 36.4 Å². The minimum Gasteiger partial charge on any atom is -0.333 e. The summed E-state index contributed by atoms with van der Waals surface area (Å²) < 4.78 is 0. The third kappa shape index (κ3) is 4.04. The van der Waals surface area contributed by atoms with Gasteiger partial charge in [-0.15, -0.1) is 0 Å². The minimum atomic E-state index is 0.0577. The molecule has 0 saturated carbocycles. The molecule has 45 heavy (non-hydrogen) atoms. The Kier molecular flexibility index (Phi) is 5.91. The zero-order chi connectivity index (χ0) is 29.9. The quantitative estimate of drug-likeness (QED) is 0.213. The van der Waals surface area contributed by atoms with Gasteiger partial charge in [0.2, 0.25) is 5.95 Å². The van der Waals surface area contributed by atoms with Gasteiger partial charge in [0.15, 0.2) is 11.6 Å². The van der Waals surface area contributed by atoms with Crippen LogP contribution in [0.25, 0.3) is 28.3 Å². The number of rotatable bonds is 4. The Balaban J connectivity index is 1.31. The predicted molar refractivity (Wildman–Crippen MR) is 182 cm³/mol. The Morgan fingerprint density at radius 2 is 1.20 bits per heavy atom. The van der Waals surface area contributed by atoms with Gasteiger partial charge >= 0.3 is 0 Å². The van der Waals surface area contributed by atoms with E-state index in [4.69, 9.17) is 15.0 Å². The number of hydrogen-bond donors (Lipinski definition) is 0. The van der Waals surface area contributed by atoms with Crippen molar-refractivity contribution in [2.24, 2.45) is 11.8 Å². The van der Waals surface area contributed by atoms with Crippen molar-refractivity contribution in [3.8, 4) is 22.8 Å². The second kappa shape index (κ2) is 10.3. The SMILES string of the molecule is CC1C=C2C(=C3c4ccccc4N(c4ccccc4)C31)N(c1nc(-c3ccccc3)nc(-c3ccccc3)n1)C1C=CC=CC21. The Morgan fingerprint density at radius 3 is 1.89 bits per heavy atom. The van der Waals surface area contributed by atoms with E-state index in [0.717, 1.165) is 11.1 Å². The highest BCUT2D eigenvalue weighted by molar-refractivity contribution is 5.98. The van der Waals surface area contributed by atoms with Gasteiger partial charge in [-0.05, 0) is 29.7 Å². The molecule has 216 valence electrons. The highest BCUT2D eigenvalue weighted by Crippen LogP contribution is 2.57. The molecule has 5 aromatic rings. The molecule has 5 nitrogen and oxygen atoms in total. The van der Waals surface area contributed by atoms with Gasteiger partial charge in [0.1, 0.15) is 0 Å². The molecule has 0 amide bonds. The number of hydrogen-bond acceptors (Lipinski definition) is 5. The van der Waals surface area contributed by atoms with Gasteiger partial charge in [-0.1, -0.05) is 134 Å². The molecular weight excluding hydrogens is 550 g/mol. The van der Waals surface area contributed by atoms with Crippen LogP contribution < -0.4 is 9.80 Å². The molecule has 9 rings (SSSR count). The summed E-state index contributed by atoms with van der Waals surface area (Å²) in [5.41, 5.74) is 9.58. The number of allylic oxidation sites excluding steroid dienone is 3. The Morgan fingerprint density at radius 1 is 0.600 bits per heavy atom. The summed E-state index contributed by atoms with van der Waals surface area (Å²) in [5.74, 6) is 2.52. The van der Waals surface area contributed by atoms with Crippen LogP contribution in [0.5, 0.6) is 0 Å². The molecule has 0 N–H and O–H groups in total. The van der Waals surface area contributed by atoms with Crippen molar-refractivity contribution in [3.05, 3.63) is 162 Å². The molecule has 0 bridgehead atoms. The molecule has 1 saturated heterocycles. The number of fused-ring (bicyclic) bond motifs is 6. The van der Waals surface area contributed by atoms with E-state index < -0.39 is 0 Å². The van der Waals surface area contributed by atoms with Crippen LogP contribution in [0.3, 0.4) is 0 Å². The van der Waals surface area contributed by atoms with E-state index in [1.165, 1.54) is 33.8 Å². The van der Waals surface area contributed by atoms with E-state index in [9.17, 15) is 0 Å². The molecular formula is C40H31N5. The van der Waals surface area contributed by atoms with Crippen LogP contribution in [0.15, 0.2) is 157 Å². The van der Waals surface area contributed by atoms with Crippen LogP contribution in [-0.4, -0.2) is 27.0 Å². The lowest BCUT2D eigenvalue weighted by molar-refractivity contribution is 0.622. The molecule has 1 fully saturated rings. The fourth-order valence-electron chi connectivity index (χ4n) is 7.57. The first-order valence-corrected chi connectivity index (χ1v) is 15.7. The average molecular weight is 582 g/mol. The zero-order valence-electron chi connectivity index (χ0n) is 24.9. The molecule has 4 unspecified atom stereocenters. The fraction of sp³-hybridized carbons (Fsp3) is 0.125. The van der Waals surface area contributed by atoms with E-state index in [0.29, 0.717) is 23.5 Å². The van der Waals surface area contributed by atoms with E-state index >= 15 is 0 Å². The average Bonchev–Trinajstić information content (AvgIpc) is 3.63. The van der Waals surface area contributed by atoms with Gasteiger partial charge in [-0.25, -0.2) is 4.98 Å². The van der Waals surface area contributed by atoms with Crippen LogP contribution in [0.1, 0.15) is 12.5 Å². The van der Waals surface area contributed by atoms with Gasteiger partial charge < -0.3 is 9.80 Å². The van der Waals surface area contributed by atoms with Crippen LogP contribution >= 0.6 is 0 Å². The highest BCUT2D eigenvalue weighted by Gasteiger charge is 2.50. The Bertz CT molecular complexity index is 1990. The van der Waals surface area contributed by atoms with Gasteiger partial charge in [-0.3, -0.25) is 0 Å².